The van der Waals surface area contributed by atoms with E-state index in [2.05, 4.69) is 4.72 Å². The Hall–Kier alpha value is -4.25. The van der Waals surface area contributed by atoms with Gasteiger partial charge in [0.15, 0.2) is 34.5 Å². The molecule has 0 aliphatic heterocycles. The number of benzene rings is 3. The van der Waals surface area contributed by atoms with Crippen molar-refractivity contribution in [2.24, 2.45) is 0 Å². The van der Waals surface area contributed by atoms with E-state index in [0.717, 1.165) is 5.56 Å². The van der Waals surface area contributed by atoms with E-state index in [1.807, 2.05) is 0 Å². The molecule has 1 N–H and O–H groups in total. The fourth-order valence-corrected chi connectivity index (χ4v) is 4.85. The van der Waals surface area contributed by atoms with E-state index in [-0.39, 0.29) is 22.1 Å². The molecule has 38 heavy (non-hydrogen) atoms. The standard InChI is InChI=1S/C27H31NO9S/c1-31-20-13-11-19(16-22(20)33-3)38(29,30)28-25-18(10-12-21(32-2)27(25)37-7)9-8-17-14-23(34-4)26(36-6)24(15-17)35-5/h8-16,28H,1-7H3/b9-8-. The first-order valence-corrected chi connectivity index (χ1v) is 12.7. The first-order chi connectivity index (χ1) is 18.3. The van der Waals surface area contributed by atoms with Gasteiger partial charge in [-0.05, 0) is 42.0 Å². The first-order valence-electron chi connectivity index (χ1n) is 11.2. The molecule has 3 aromatic carbocycles. The van der Waals surface area contributed by atoms with E-state index >= 15 is 0 Å². The molecule has 11 heteroatoms. The van der Waals surface area contributed by atoms with Crippen molar-refractivity contribution in [1.29, 1.82) is 0 Å². The smallest absolute Gasteiger partial charge is 0.262 e. The molecule has 0 amide bonds. The van der Waals surface area contributed by atoms with Gasteiger partial charge < -0.3 is 33.2 Å². The average Bonchev–Trinajstić information content (AvgIpc) is 2.94. The van der Waals surface area contributed by atoms with Crippen LogP contribution in [-0.4, -0.2) is 58.2 Å². The summed E-state index contributed by atoms with van der Waals surface area (Å²) in [5, 5.41) is 0. The molecule has 0 atom stereocenters. The molecular weight excluding hydrogens is 514 g/mol. The van der Waals surface area contributed by atoms with E-state index in [0.29, 0.717) is 34.3 Å². The van der Waals surface area contributed by atoms with Gasteiger partial charge in [-0.15, -0.1) is 0 Å². The second kappa shape index (κ2) is 12.3. The lowest BCUT2D eigenvalue weighted by Gasteiger charge is -2.18. The second-order valence-corrected chi connectivity index (χ2v) is 9.36. The third kappa shape index (κ3) is 5.83. The Morgan fingerprint density at radius 3 is 1.66 bits per heavy atom. The van der Waals surface area contributed by atoms with E-state index in [1.54, 1.807) is 36.4 Å². The minimum absolute atomic E-state index is 0.0282. The van der Waals surface area contributed by atoms with Gasteiger partial charge in [-0.2, -0.15) is 0 Å². The molecule has 0 aliphatic carbocycles. The predicted molar refractivity (Wildman–Crippen MR) is 145 cm³/mol. The molecule has 0 heterocycles. The maximum atomic E-state index is 13.4. The zero-order chi connectivity index (χ0) is 27.9. The monoisotopic (exact) mass is 545 g/mol. The lowest BCUT2D eigenvalue weighted by molar-refractivity contribution is 0.324. The molecule has 10 nitrogen and oxygen atoms in total. The van der Waals surface area contributed by atoms with Gasteiger partial charge in [-0.1, -0.05) is 12.2 Å². The van der Waals surface area contributed by atoms with E-state index in [4.69, 9.17) is 33.2 Å². The normalized spacial score (nSPS) is 11.1. The summed E-state index contributed by atoms with van der Waals surface area (Å²) in [5.74, 6) is 2.66. The van der Waals surface area contributed by atoms with Crippen LogP contribution in [0.4, 0.5) is 5.69 Å². The molecule has 204 valence electrons. The van der Waals surface area contributed by atoms with Crippen LogP contribution < -0.4 is 37.9 Å². The fraction of sp³-hybridized carbons (Fsp3) is 0.259. The number of nitrogens with one attached hydrogen (secondary N) is 1. The van der Waals surface area contributed by atoms with Crippen LogP contribution in [-0.2, 0) is 10.0 Å². The van der Waals surface area contributed by atoms with Gasteiger partial charge >= 0.3 is 0 Å². The van der Waals surface area contributed by atoms with Crippen LogP contribution in [0.3, 0.4) is 0 Å². The van der Waals surface area contributed by atoms with Gasteiger partial charge in [-0.25, -0.2) is 8.42 Å². The molecule has 0 unspecified atom stereocenters. The summed E-state index contributed by atoms with van der Waals surface area (Å²) in [6, 6.07) is 11.2. The highest BCUT2D eigenvalue weighted by Crippen LogP contribution is 2.42. The number of anilines is 1. The summed E-state index contributed by atoms with van der Waals surface area (Å²) in [4.78, 5) is -0.0282. The Labute approximate surface area is 222 Å². The lowest BCUT2D eigenvalue weighted by Crippen LogP contribution is -2.15. The van der Waals surface area contributed by atoms with Gasteiger partial charge in [0.25, 0.3) is 10.0 Å². The zero-order valence-corrected chi connectivity index (χ0v) is 23.1. The summed E-state index contributed by atoms with van der Waals surface area (Å²) in [6.07, 6.45) is 3.51. The summed E-state index contributed by atoms with van der Waals surface area (Å²) in [6.45, 7) is 0. The number of rotatable bonds is 12. The predicted octanol–water partition coefficient (Wildman–Crippen LogP) is 4.72. The number of sulfonamides is 1. The summed E-state index contributed by atoms with van der Waals surface area (Å²) < 4.78 is 67.1. The van der Waals surface area contributed by atoms with Gasteiger partial charge in [0.2, 0.25) is 5.75 Å². The molecule has 0 aromatic heterocycles. The Balaban J connectivity index is 2.11. The SMILES string of the molecule is COc1ccc(S(=O)(=O)Nc2c(/C=C\c3cc(OC)c(OC)c(OC)c3)ccc(OC)c2OC)cc1OC. The number of ether oxygens (including phenoxy) is 7. The summed E-state index contributed by atoms with van der Waals surface area (Å²) in [5.41, 5.74) is 1.42. The Morgan fingerprint density at radius 1 is 0.579 bits per heavy atom. The molecule has 0 bridgehead atoms. The van der Waals surface area contributed by atoms with Crippen molar-refractivity contribution in [2.75, 3.05) is 54.5 Å². The third-order valence-corrected chi connectivity index (χ3v) is 6.97. The summed E-state index contributed by atoms with van der Waals surface area (Å²) in [7, 11) is 6.30. The van der Waals surface area contributed by atoms with E-state index < -0.39 is 10.0 Å². The molecule has 0 saturated heterocycles. The molecule has 0 spiro atoms. The average molecular weight is 546 g/mol. The van der Waals surface area contributed by atoms with E-state index in [9.17, 15) is 8.42 Å². The number of methoxy groups -OCH3 is 7. The minimum atomic E-state index is -4.08. The largest absolute Gasteiger partial charge is 0.493 e. The highest BCUT2D eigenvalue weighted by atomic mass is 32.2. The molecule has 0 radical (unpaired) electrons. The molecule has 0 saturated carbocycles. The minimum Gasteiger partial charge on any atom is -0.493 e. The van der Waals surface area contributed by atoms with Gasteiger partial charge in [-0.3, -0.25) is 4.72 Å². The van der Waals surface area contributed by atoms with Crippen molar-refractivity contribution in [1.82, 2.24) is 0 Å². The molecule has 3 rings (SSSR count). The van der Waals surface area contributed by atoms with Crippen LogP contribution in [0.5, 0.6) is 40.2 Å². The van der Waals surface area contributed by atoms with Crippen molar-refractivity contribution in [3.05, 3.63) is 53.6 Å². The lowest BCUT2D eigenvalue weighted by atomic mass is 10.1. The maximum absolute atomic E-state index is 13.4. The van der Waals surface area contributed by atoms with Gasteiger partial charge in [0, 0.05) is 11.6 Å². The molecule has 0 aliphatic rings. The topological polar surface area (TPSA) is 111 Å². The van der Waals surface area contributed by atoms with Crippen molar-refractivity contribution in [2.45, 2.75) is 4.90 Å². The summed E-state index contributed by atoms with van der Waals surface area (Å²) >= 11 is 0. The van der Waals surface area contributed by atoms with Crippen molar-refractivity contribution in [3.63, 3.8) is 0 Å². The zero-order valence-electron chi connectivity index (χ0n) is 22.3. The van der Waals surface area contributed by atoms with Crippen LogP contribution in [0, 0.1) is 0 Å². The fourth-order valence-electron chi connectivity index (χ4n) is 3.75. The van der Waals surface area contributed by atoms with Crippen molar-refractivity contribution < 1.29 is 41.6 Å². The highest BCUT2D eigenvalue weighted by molar-refractivity contribution is 7.92. The third-order valence-electron chi connectivity index (χ3n) is 5.62. The van der Waals surface area contributed by atoms with Crippen molar-refractivity contribution in [3.8, 4) is 40.2 Å². The number of hydrogen-bond donors (Lipinski definition) is 1. The Kier molecular flexibility index (Phi) is 9.19. The van der Waals surface area contributed by atoms with Crippen LogP contribution in [0.2, 0.25) is 0 Å². The maximum Gasteiger partial charge on any atom is 0.262 e. The Morgan fingerprint density at radius 2 is 1.13 bits per heavy atom. The van der Waals surface area contributed by atoms with Crippen LogP contribution in [0.1, 0.15) is 11.1 Å². The first kappa shape index (κ1) is 28.3. The molecule has 0 fully saturated rings. The van der Waals surface area contributed by atoms with Crippen molar-refractivity contribution >= 4 is 27.9 Å². The van der Waals surface area contributed by atoms with E-state index in [1.165, 1.54) is 68.0 Å². The number of hydrogen-bond acceptors (Lipinski definition) is 9. The molecular formula is C27H31NO9S. The van der Waals surface area contributed by atoms with Crippen LogP contribution in [0.25, 0.3) is 12.2 Å². The van der Waals surface area contributed by atoms with Crippen LogP contribution >= 0.6 is 0 Å². The Bertz CT molecular complexity index is 1390. The second-order valence-electron chi connectivity index (χ2n) is 7.68. The van der Waals surface area contributed by atoms with Crippen LogP contribution in [0.15, 0.2) is 47.4 Å². The highest BCUT2D eigenvalue weighted by Gasteiger charge is 2.23. The van der Waals surface area contributed by atoms with Gasteiger partial charge in [0.1, 0.15) is 5.69 Å². The molecule has 3 aromatic rings. The van der Waals surface area contributed by atoms with Gasteiger partial charge in [0.05, 0.1) is 54.7 Å². The quantitative estimate of drug-likeness (QED) is 0.323.